The number of carbonyl (C=O) groups is 2. The van der Waals surface area contributed by atoms with Crippen molar-refractivity contribution in [2.24, 2.45) is 0 Å². The number of rotatable bonds is 61. The van der Waals surface area contributed by atoms with Gasteiger partial charge in [0.2, 0.25) is 5.91 Å². The number of nitrogens with zero attached hydrogens (tertiary/aromatic N) is 1. The van der Waals surface area contributed by atoms with E-state index in [1.807, 2.05) is 33.3 Å². The average Bonchev–Trinajstić information content (AvgIpc) is 3.38. The molecular formula is C66H130N2O7P+. The molecule has 76 heavy (non-hydrogen) atoms. The zero-order valence-electron chi connectivity index (χ0n) is 51.5. The highest BCUT2D eigenvalue weighted by Gasteiger charge is 2.30. The van der Waals surface area contributed by atoms with Crippen molar-refractivity contribution < 1.29 is 37.3 Å². The lowest BCUT2D eigenvalue weighted by atomic mass is 10.0. The number of ether oxygens (including phenoxy) is 1. The molecule has 3 unspecified atom stereocenters. The van der Waals surface area contributed by atoms with Crippen LogP contribution in [0.4, 0.5) is 0 Å². The topological polar surface area (TPSA) is 111 Å². The van der Waals surface area contributed by atoms with Gasteiger partial charge in [0.1, 0.15) is 19.3 Å². The molecule has 0 bridgehead atoms. The summed E-state index contributed by atoms with van der Waals surface area (Å²) in [5.74, 6) is -0.505. The van der Waals surface area contributed by atoms with E-state index in [9.17, 15) is 19.0 Å². The number of hydrogen-bond acceptors (Lipinski definition) is 6. The maximum absolute atomic E-state index is 13.6. The largest absolute Gasteiger partial charge is 0.472 e. The molecule has 450 valence electrons. The summed E-state index contributed by atoms with van der Waals surface area (Å²) in [6, 6.07) is -0.849. The lowest BCUT2D eigenvalue weighted by molar-refractivity contribution is -0.870. The molecule has 0 aliphatic carbocycles. The van der Waals surface area contributed by atoms with Crippen LogP contribution in [0.1, 0.15) is 335 Å². The fourth-order valence-corrected chi connectivity index (χ4v) is 10.7. The van der Waals surface area contributed by atoms with Crippen LogP contribution in [0.5, 0.6) is 0 Å². The highest BCUT2D eigenvalue weighted by Crippen LogP contribution is 2.43. The van der Waals surface area contributed by atoms with Gasteiger partial charge in [-0.1, -0.05) is 289 Å². The van der Waals surface area contributed by atoms with Crippen LogP contribution in [-0.2, 0) is 27.9 Å². The van der Waals surface area contributed by atoms with Crippen molar-refractivity contribution in [3.05, 3.63) is 24.3 Å². The molecule has 0 fully saturated rings. The Morgan fingerprint density at radius 3 is 1.13 bits per heavy atom. The number of carbonyl (C=O) groups excluding carboxylic acids is 2. The molecule has 2 N–H and O–H groups in total. The standard InChI is InChI=1S/C66H129N2O7P/c1-7-10-13-16-19-22-25-28-30-31-32-33-34-35-36-37-38-40-43-46-49-52-55-58-65(69)67-63(62-74-76(71,72)73-61-60-68(4,5)6)64(57-54-51-48-45-42-39-27-24-21-18-15-12-9-3)75-66(70)59-56-53-50-47-44-41-29-26-23-20-17-14-11-8-2/h41,44,54,57,63-64H,7-40,42-43,45-53,55-56,58-62H2,1-6H3,(H-,67,69,71,72)/p+1/b44-41-,57-54-. The van der Waals surface area contributed by atoms with Crippen molar-refractivity contribution in [3.8, 4) is 0 Å². The zero-order valence-corrected chi connectivity index (χ0v) is 52.4. The van der Waals surface area contributed by atoms with Gasteiger partial charge in [0.25, 0.3) is 0 Å². The van der Waals surface area contributed by atoms with Gasteiger partial charge in [-0.3, -0.25) is 18.6 Å². The monoisotopic (exact) mass is 1090 g/mol. The van der Waals surface area contributed by atoms with E-state index in [1.54, 1.807) is 0 Å². The number of unbranched alkanes of at least 4 members (excludes halogenated alkanes) is 43. The molecule has 0 aliphatic rings. The minimum Gasteiger partial charge on any atom is -0.456 e. The van der Waals surface area contributed by atoms with Crippen molar-refractivity contribution in [2.45, 2.75) is 348 Å². The molecule has 10 heteroatoms. The van der Waals surface area contributed by atoms with E-state index >= 15 is 0 Å². The highest BCUT2D eigenvalue weighted by atomic mass is 31.2. The molecule has 0 rings (SSSR count). The Bertz CT molecular complexity index is 1350. The van der Waals surface area contributed by atoms with Gasteiger partial charge in [-0.25, -0.2) is 4.57 Å². The van der Waals surface area contributed by atoms with E-state index < -0.39 is 20.0 Å². The molecular weight excluding hydrogens is 964 g/mol. The number of quaternary nitrogens is 1. The summed E-state index contributed by atoms with van der Waals surface area (Å²) in [4.78, 5) is 37.7. The third-order valence-corrected chi connectivity index (χ3v) is 16.1. The van der Waals surface area contributed by atoms with Crippen molar-refractivity contribution in [3.63, 3.8) is 0 Å². The van der Waals surface area contributed by atoms with Crippen LogP contribution in [0.3, 0.4) is 0 Å². The average molecular weight is 1090 g/mol. The Labute approximate surface area is 473 Å². The van der Waals surface area contributed by atoms with Gasteiger partial charge in [0.15, 0.2) is 0 Å². The Morgan fingerprint density at radius 2 is 0.763 bits per heavy atom. The van der Waals surface area contributed by atoms with Crippen molar-refractivity contribution in [1.82, 2.24) is 5.32 Å². The molecule has 0 aromatic heterocycles. The number of amides is 1. The van der Waals surface area contributed by atoms with E-state index in [2.05, 4.69) is 38.2 Å². The summed E-state index contributed by atoms with van der Waals surface area (Å²) < 4.78 is 30.7. The van der Waals surface area contributed by atoms with E-state index in [1.165, 1.54) is 231 Å². The third-order valence-electron chi connectivity index (χ3n) is 15.1. The second-order valence-electron chi connectivity index (χ2n) is 24.0. The summed E-state index contributed by atoms with van der Waals surface area (Å²) in [6.07, 6.45) is 67.6. The minimum atomic E-state index is -4.45. The first-order chi connectivity index (χ1) is 36.9. The van der Waals surface area contributed by atoms with Crippen LogP contribution in [-0.4, -0.2) is 74.3 Å². The Morgan fingerprint density at radius 1 is 0.447 bits per heavy atom. The first-order valence-electron chi connectivity index (χ1n) is 33.2. The number of esters is 1. The minimum absolute atomic E-state index is 0.0418. The molecule has 0 saturated carbocycles. The van der Waals surface area contributed by atoms with Crippen LogP contribution >= 0.6 is 7.82 Å². The van der Waals surface area contributed by atoms with E-state index in [0.717, 1.165) is 70.6 Å². The van der Waals surface area contributed by atoms with Gasteiger partial charge >= 0.3 is 13.8 Å². The van der Waals surface area contributed by atoms with Gasteiger partial charge in [-0.15, -0.1) is 0 Å². The third kappa shape index (κ3) is 57.2. The number of nitrogens with one attached hydrogen (secondary N) is 1. The smallest absolute Gasteiger partial charge is 0.456 e. The van der Waals surface area contributed by atoms with Crippen LogP contribution in [0.25, 0.3) is 0 Å². The molecule has 0 spiro atoms. The summed E-state index contributed by atoms with van der Waals surface area (Å²) in [7, 11) is 1.51. The maximum Gasteiger partial charge on any atom is 0.472 e. The molecule has 0 aromatic carbocycles. The SMILES string of the molecule is CCCCCCCCC/C=C\CCCCCC(=O)OC(/C=C\CCCCCCCCCCCCC)C(COP(=O)(O)OCC[N+](C)(C)C)NC(=O)CCCCCCCCCCCCCCCCCCCCCCCCC. The van der Waals surface area contributed by atoms with Crippen LogP contribution in [0.15, 0.2) is 24.3 Å². The van der Waals surface area contributed by atoms with E-state index in [0.29, 0.717) is 17.4 Å². The fourth-order valence-electron chi connectivity index (χ4n) is 10.00. The lowest BCUT2D eigenvalue weighted by Crippen LogP contribution is -2.47. The second kappa shape index (κ2) is 56.8. The second-order valence-corrected chi connectivity index (χ2v) is 25.5. The van der Waals surface area contributed by atoms with Crippen molar-refractivity contribution >= 4 is 19.7 Å². The summed E-state index contributed by atoms with van der Waals surface area (Å²) in [5.41, 5.74) is 0. The van der Waals surface area contributed by atoms with E-state index in [-0.39, 0.29) is 31.5 Å². The van der Waals surface area contributed by atoms with Crippen molar-refractivity contribution in [1.29, 1.82) is 0 Å². The number of phosphoric acid groups is 1. The van der Waals surface area contributed by atoms with Crippen LogP contribution in [0, 0.1) is 0 Å². The Kier molecular flexibility index (Phi) is 55.6. The molecule has 0 saturated heterocycles. The van der Waals surface area contributed by atoms with Crippen LogP contribution in [0.2, 0.25) is 0 Å². The zero-order chi connectivity index (χ0) is 55.7. The Hall–Kier alpha value is -1.51. The predicted molar refractivity (Wildman–Crippen MR) is 328 cm³/mol. The maximum atomic E-state index is 13.6. The van der Waals surface area contributed by atoms with E-state index in [4.69, 9.17) is 13.8 Å². The van der Waals surface area contributed by atoms with Crippen molar-refractivity contribution in [2.75, 3.05) is 40.9 Å². The van der Waals surface area contributed by atoms with Gasteiger partial charge < -0.3 is 19.4 Å². The molecule has 0 radical (unpaired) electrons. The van der Waals surface area contributed by atoms with Crippen LogP contribution < -0.4 is 5.32 Å². The molecule has 1 amide bonds. The first-order valence-corrected chi connectivity index (χ1v) is 34.7. The summed E-state index contributed by atoms with van der Waals surface area (Å²) >= 11 is 0. The van der Waals surface area contributed by atoms with Gasteiger partial charge in [0, 0.05) is 12.8 Å². The predicted octanol–water partition coefficient (Wildman–Crippen LogP) is 20.5. The number of likely N-dealkylation sites (N-methyl/N-ethyl adjacent to an activating group) is 1. The molecule has 0 aromatic rings. The lowest BCUT2D eigenvalue weighted by Gasteiger charge is -2.27. The molecule has 0 aliphatic heterocycles. The van der Waals surface area contributed by atoms with Gasteiger partial charge in [0.05, 0.1) is 33.8 Å². The Balaban J connectivity index is 5.12. The number of allylic oxidation sites excluding steroid dienone is 3. The van der Waals surface area contributed by atoms with Gasteiger partial charge in [-0.2, -0.15) is 0 Å². The number of hydrogen-bond donors (Lipinski definition) is 2. The summed E-state index contributed by atoms with van der Waals surface area (Å²) in [6.45, 7) is 7.05. The molecule has 0 heterocycles. The summed E-state index contributed by atoms with van der Waals surface area (Å²) in [5, 5.41) is 3.07. The fraction of sp³-hybridized carbons (Fsp3) is 0.909. The molecule has 3 atom stereocenters. The normalized spacial score (nSPS) is 13.7. The number of phosphoric ester groups is 1. The van der Waals surface area contributed by atoms with Gasteiger partial charge in [-0.05, 0) is 57.4 Å². The highest BCUT2D eigenvalue weighted by molar-refractivity contribution is 7.47. The quantitative estimate of drug-likeness (QED) is 0.0205. The first kappa shape index (κ1) is 74.5. The molecule has 9 nitrogen and oxygen atoms in total.